The summed E-state index contributed by atoms with van der Waals surface area (Å²) in [4.78, 5) is 0. The molecule has 94 valence electrons. The fourth-order valence-electron chi connectivity index (χ4n) is 1.61. The first kappa shape index (κ1) is 11.1. The van der Waals surface area contributed by atoms with Crippen molar-refractivity contribution in [2.45, 2.75) is 6.61 Å². The molecule has 18 heavy (non-hydrogen) atoms. The van der Waals surface area contributed by atoms with Gasteiger partial charge in [0.05, 0.1) is 0 Å². The Morgan fingerprint density at radius 3 is 3.17 bits per heavy atom. The number of hydrogen-bond donors (Lipinski definition) is 1. The standard InChI is InChI=1S/C11H11N3O3S/c1-12-11-8(13-14-18-11)5-15-7-2-3-9-10(4-7)17-6-16-9/h2-4,12H,5-6H2,1H3. The summed E-state index contributed by atoms with van der Waals surface area (Å²) in [5, 5.41) is 7.93. The number of aromatic nitrogens is 2. The predicted molar refractivity (Wildman–Crippen MR) is 66.4 cm³/mol. The minimum atomic E-state index is 0.263. The smallest absolute Gasteiger partial charge is 0.231 e. The van der Waals surface area contributed by atoms with E-state index in [1.54, 1.807) is 6.07 Å². The van der Waals surface area contributed by atoms with Crippen LogP contribution in [0.4, 0.5) is 5.00 Å². The Morgan fingerprint density at radius 1 is 1.39 bits per heavy atom. The van der Waals surface area contributed by atoms with E-state index in [4.69, 9.17) is 14.2 Å². The number of hydrogen-bond acceptors (Lipinski definition) is 7. The van der Waals surface area contributed by atoms with Crippen LogP contribution in [0.2, 0.25) is 0 Å². The first-order valence-electron chi connectivity index (χ1n) is 5.38. The molecule has 2 aromatic rings. The van der Waals surface area contributed by atoms with E-state index in [0.717, 1.165) is 16.4 Å². The summed E-state index contributed by atoms with van der Waals surface area (Å²) >= 11 is 1.31. The van der Waals surface area contributed by atoms with Gasteiger partial charge in [0, 0.05) is 24.6 Å². The molecule has 1 aliphatic rings. The van der Waals surface area contributed by atoms with E-state index >= 15 is 0 Å². The van der Waals surface area contributed by atoms with E-state index < -0.39 is 0 Å². The summed E-state index contributed by atoms with van der Waals surface area (Å²) in [5.74, 6) is 2.17. The molecule has 0 saturated heterocycles. The molecule has 0 atom stereocenters. The lowest BCUT2D eigenvalue weighted by molar-refractivity contribution is 0.173. The number of anilines is 1. The zero-order valence-corrected chi connectivity index (χ0v) is 10.5. The summed E-state index contributed by atoms with van der Waals surface area (Å²) in [7, 11) is 1.83. The van der Waals surface area contributed by atoms with Crippen LogP contribution in [0, 0.1) is 0 Å². The van der Waals surface area contributed by atoms with Gasteiger partial charge in [-0.1, -0.05) is 4.49 Å². The summed E-state index contributed by atoms with van der Waals surface area (Å²) in [6.45, 7) is 0.630. The van der Waals surface area contributed by atoms with Crippen LogP contribution in [0.15, 0.2) is 18.2 Å². The molecule has 0 saturated carbocycles. The van der Waals surface area contributed by atoms with Gasteiger partial charge in [-0.15, -0.1) is 5.10 Å². The molecule has 7 heteroatoms. The molecule has 2 heterocycles. The molecule has 1 aromatic heterocycles. The van der Waals surface area contributed by atoms with Gasteiger partial charge in [0.1, 0.15) is 23.1 Å². The topological polar surface area (TPSA) is 65.5 Å². The average molecular weight is 265 g/mol. The first-order chi connectivity index (χ1) is 8.86. The SMILES string of the molecule is CNc1snnc1COc1ccc2c(c1)OCO2. The summed E-state index contributed by atoms with van der Waals surface area (Å²) < 4.78 is 20.0. The van der Waals surface area contributed by atoms with E-state index in [9.17, 15) is 0 Å². The van der Waals surface area contributed by atoms with Crippen LogP contribution < -0.4 is 19.5 Å². The van der Waals surface area contributed by atoms with Crippen molar-refractivity contribution in [1.29, 1.82) is 0 Å². The largest absolute Gasteiger partial charge is 0.487 e. The lowest BCUT2D eigenvalue weighted by atomic mass is 10.3. The molecule has 0 bridgehead atoms. The van der Waals surface area contributed by atoms with E-state index in [2.05, 4.69) is 14.9 Å². The Hall–Kier alpha value is -2.02. The van der Waals surface area contributed by atoms with Crippen molar-refractivity contribution in [3.8, 4) is 17.2 Å². The van der Waals surface area contributed by atoms with Gasteiger partial charge in [-0.2, -0.15) is 0 Å². The molecule has 1 aromatic carbocycles. The summed E-state index contributed by atoms with van der Waals surface area (Å²) in [5.41, 5.74) is 0.792. The van der Waals surface area contributed by atoms with Crippen molar-refractivity contribution in [3.05, 3.63) is 23.9 Å². The second kappa shape index (κ2) is 4.69. The minimum Gasteiger partial charge on any atom is -0.487 e. The number of fused-ring (bicyclic) bond motifs is 1. The summed E-state index contributed by atoms with van der Waals surface area (Å²) in [6, 6.07) is 5.48. The molecule has 3 rings (SSSR count). The molecule has 0 spiro atoms. The van der Waals surface area contributed by atoms with E-state index in [0.29, 0.717) is 18.1 Å². The fourth-order valence-corrected chi connectivity index (χ4v) is 2.13. The molecule has 0 unspecified atom stereocenters. The highest BCUT2D eigenvalue weighted by Crippen LogP contribution is 2.35. The van der Waals surface area contributed by atoms with Crippen molar-refractivity contribution in [2.24, 2.45) is 0 Å². The molecular weight excluding hydrogens is 254 g/mol. The predicted octanol–water partition coefficient (Wildman–Crippen LogP) is 1.89. The third kappa shape index (κ3) is 2.04. The summed E-state index contributed by atoms with van der Waals surface area (Å²) in [6.07, 6.45) is 0. The normalized spacial score (nSPS) is 12.5. The average Bonchev–Trinajstić information content (AvgIpc) is 3.04. The molecule has 0 radical (unpaired) electrons. The lowest BCUT2D eigenvalue weighted by Gasteiger charge is -2.06. The third-order valence-electron chi connectivity index (χ3n) is 2.50. The Balaban J connectivity index is 1.70. The first-order valence-corrected chi connectivity index (χ1v) is 6.15. The van der Waals surface area contributed by atoms with Crippen molar-refractivity contribution in [1.82, 2.24) is 9.59 Å². The van der Waals surface area contributed by atoms with Crippen molar-refractivity contribution >= 4 is 16.5 Å². The Bertz CT molecular complexity index is 558. The Kier molecular flexibility index (Phi) is 2.89. The zero-order valence-electron chi connectivity index (χ0n) is 9.67. The van der Waals surface area contributed by atoms with Gasteiger partial charge in [-0.3, -0.25) is 0 Å². The molecule has 0 fully saturated rings. The number of benzene rings is 1. The maximum Gasteiger partial charge on any atom is 0.231 e. The number of ether oxygens (including phenoxy) is 3. The molecule has 1 aliphatic heterocycles. The van der Waals surface area contributed by atoms with Crippen LogP contribution in [0.3, 0.4) is 0 Å². The van der Waals surface area contributed by atoms with Crippen molar-refractivity contribution < 1.29 is 14.2 Å². The molecule has 0 amide bonds. The second-order valence-corrected chi connectivity index (χ2v) is 4.36. The maximum absolute atomic E-state index is 5.65. The van der Waals surface area contributed by atoms with Gasteiger partial charge in [0.15, 0.2) is 11.5 Å². The highest BCUT2D eigenvalue weighted by atomic mass is 32.1. The van der Waals surface area contributed by atoms with Crippen molar-refractivity contribution in [3.63, 3.8) is 0 Å². The van der Waals surface area contributed by atoms with E-state index in [1.165, 1.54) is 11.5 Å². The molecule has 6 nitrogen and oxygen atoms in total. The Labute approximate surface area is 108 Å². The molecule has 0 aliphatic carbocycles. The highest BCUT2D eigenvalue weighted by Gasteiger charge is 2.14. The molecule has 1 N–H and O–H groups in total. The van der Waals surface area contributed by atoms with Gasteiger partial charge < -0.3 is 19.5 Å². The van der Waals surface area contributed by atoms with Gasteiger partial charge in [0.2, 0.25) is 6.79 Å². The maximum atomic E-state index is 5.65. The van der Waals surface area contributed by atoms with Crippen LogP contribution in [-0.4, -0.2) is 23.4 Å². The zero-order chi connectivity index (χ0) is 12.4. The fraction of sp³-hybridized carbons (Fsp3) is 0.273. The molecular formula is C11H11N3O3S. The Morgan fingerprint density at radius 2 is 2.28 bits per heavy atom. The number of nitrogens with one attached hydrogen (secondary N) is 1. The van der Waals surface area contributed by atoms with Crippen LogP contribution in [0.5, 0.6) is 17.2 Å². The van der Waals surface area contributed by atoms with Crippen LogP contribution in [0.25, 0.3) is 0 Å². The third-order valence-corrected chi connectivity index (χ3v) is 3.29. The van der Waals surface area contributed by atoms with E-state index in [-0.39, 0.29) is 6.79 Å². The van der Waals surface area contributed by atoms with E-state index in [1.807, 2.05) is 19.2 Å². The number of nitrogens with zero attached hydrogens (tertiary/aromatic N) is 2. The van der Waals surface area contributed by atoms with Crippen LogP contribution in [-0.2, 0) is 6.61 Å². The van der Waals surface area contributed by atoms with Gasteiger partial charge in [-0.05, 0) is 12.1 Å². The quantitative estimate of drug-likeness (QED) is 0.910. The van der Waals surface area contributed by atoms with Crippen LogP contribution >= 0.6 is 11.5 Å². The minimum absolute atomic E-state index is 0.263. The monoisotopic (exact) mass is 265 g/mol. The van der Waals surface area contributed by atoms with Gasteiger partial charge >= 0.3 is 0 Å². The van der Waals surface area contributed by atoms with Crippen molar-refractivity contribution in [2.75, 3.05) is 19.2 Å². The van der Waals surface area contributed by atoms with Gasteiger partial charge in [-0.25, -0.2) is 0 Å². The second-order valence-electron chi connectivity index (χ2n) is 3.60. The van der Waals surface area contributed by atoms with Gasteiger partial charge in [0.25, 0.3) is 0 Å². The highest BCUT2D eigenvalue weighted by molar-refractivity contribution is 7.10. The number of rotatable bonds is 4. The lowest BCUT2D eigenvalue weighted by Crippen LogP contribution is -1.99. The van der Waals surface area contributed by atoms with Crippen LogP contribution in [0.1, 0.15) is 5.69 Å².